The molecule has 0 saturated carbocycles. The SMILES string of the molecule is CCCn1c(C)cc(C(=O)COC(=O)c2ccc(COc3ccccc3)cc2)c1C. The molecule has 30 heavy (non-hydrogen) atoms. The third kappa shape index (κ3) is 5.17. The first-order valence-electron chi connectivity index (χ1n) is 10.1. The average Bonchev–Trinajstić information content (AvgIpc) is 3.05. The molecular weight excluding hydrogens is 378 g/mol. The first-order chi connectivity index (χ1) is 14.5. The number of carbonyl (C=O) groups excluding carboxylic acids is 2. The van der Waals surface area contributed by atoms with Crippen LogP contribution in [0.4, 0.5) is 0 Å². The Morgan fingerprint density at radius 1 is 0.967 bits per heavy atom. The van der Waals surface area contributed by atoms with Crippen molar-refractivity contribution in [2.75, 3.05) is 6.61 Å². The van der Waals surface area contributed by atoms with Gasteiger partial charge in [0, 0.05) is 23.5 Å². The minimum absolute atomic E-state index is 0.188. The Bertz CT molecular complexity index is 1000. The summed E-state index contributed by atoms with van der Waals surface area (Å²) in [6.45, 7) is 7.01. The van der Waals surface area contributed by atoms with Crippen molar-refractivity contribution in [3.05, 3.63) is 88.7 Å². The number of hydrogen-bond donors (Lipinski definition) is 0. The predicted octanol–water partition coefficient (Wildman–Crippen LogP) is 5.13. The molecule has 0 aliphatic carbocycles. The number of aryl methyl sites for hydroxylation is 1. The van der Waals surface area contributed by atoms with E-state index in [-0.39, 0.29) is 12.4 Å². The summed E-state index contributed by atoms with van der Waals surface area (Å²) in [5.41, 5.74) is 3.91. The fourth-order valence-corrected chi connectivity index (χ4v) is 3.36. The zero-order chi connectivity index (χ0) is 21.5. The summed E-state index contributed by atoms with van der Waals surface area (Å²) in [4.78, 5) is 24.9. The van der Waals surface area contributed by atoms with Gasteiger partial charge in [-0.2, -0.15) is 0 Å². The fourth-order valence-electron chi connectivity index (χ4n) is 3.36. The summed E-state index contributed by atoms with van der Waals surface area (Å²) in [6, 6.07) is 18.4. The minimum atomic E-state index is -0.513. The van der Waals surface area contributed by atoms with Crippen LogP contribution < -0.4 is 4.74 Å². The van der Waals surface area contributed by atoms with Gasteiger partial charge in [0.15, 0.2) is 6.61 Å². The van der Waals surface area contributed by atoms with Crippen LogP contribution in [0, 0.1) is 13.8 Å². The van der Waals surface area contributed by atoms with E-state index in [1.165, 1.54) is 0 Å². The number of ketones is 1. The lowest BCUT2D eigenvalue weighted by Crippen LogP contribution is -2.15. The van der Waals surface area contributed by atoms with Crippen molar-refractivity contribution in [3.8, 4) is 5.75 Å². The number of hydrogen-bond acceptors (Lipinski definition) is 4. The highest BCUT2D eigenvalue weighted by Gasteiger charge is 2.17. The van der Waals surface area contributed by atoms with Gasteiger partial charge in [0.25, 0.3) is 0 Å². The van der Waals surface area contributed by atoms with Crippen LogP contribution in [0.1, 0.15) is 51.0 Å². The number of Topliss-reactive ketones (excluding diaryl/α,β-unsaturated/α-hetero) is 1. The number of esters is 1. The van der Waals surface area contributed by atoms with Gasteiger partial charge in [-0.15, -0.1) is 0 Å². The maximum atomic E-state index is 12.5. The number of ether oxygens (including phenoxy) is 2. The molecule has 0 atom stereocenters. The predicted molar refractivity (Wildman–Crippen MR) is 116 cm³/mol. The number of carbonyl (C=O) groups is 2. The van der Waals surface area contributed by atoms with E-state index in [9.17, 15) is 9.59 Å². The van der Waals surface area contributed by atoms with E-state index in [2.05, 4.69) is 11.5 Å². The Hall–Kier alpha value is -3.34. The summed E-state index contributed by atoms with van der Waals surface area (Å²) in [7, 11) is 0. The third-order valence-electron chi connectivity index (χ3n) is 4.99. The zero-order valence-corrected chi connectivity index (χ0v) is 17.7. The van der Waals surface area contributed by atoms with Crippen molar-refractivity contribution in [1.82, 2.24) is 4.57 Å². The summed E-state index contributed by atoms with van der Waals surface area (Å²) < 4.78 is 13.1. The molecule has 2 aromatic carbocycles. The molecular formula is C25H27NO4. The second-order valence-electron chi connectivity index (χ2n) is 7.23. The highest BCUT2D eigenvalue weighted by molar-refractivity contribution is 6.00. The fraction of sp³-hybridized carbons (Fsp3) is 0.280. The Balaban J connectivity index is 1.54. The maximum absolute atomic E-state index is 12.5. The Morgan fingerprint density at radius 2 is 1.67 bits per heavy atom. The molecule has 1 aromatic heterocycles. The Kier molecular flexibility index (Phi) is 7.07. The van der Waals surface area contributed by atoms with Gasteiger partial charge in [0.05, 0.1) is 5.56 Å². The number of para-hydroxylation sites is 1. The molecule has 156 valence electrons. The summed E-state index contributed by atoms with van der Waals surface area (Å²) in [5.74, 6) is 0.0886. The van der Waals surface area contributed by atoms with Crippen molar-refractivity contribution < 1.29 is 19.1 Å². The average molecular weight is 405 g/mol. The van der Waals surface area contributed by atoms with Crippen LogP contribution >= 0.6 is 0 Å². The van der Waals surface area contributed by atoms with E-state index in [1.807, 2.05) is 62.4 Å². The summed E-state index contributed by atoms with van der Waals surface area (Å²) >= 11 is 0. The second kappa shape index (κ2) is 9.92. The lowest BCUT2D eigenvalue weighted by atomic mass is 10.1. The number of rotatable bonds is 9. The van der Waals surface area contributed by atoms with E-state index in [0.29, 0.717) is 17.7 Å². The van der Waals surface area contributed by atoms with E-state index in [0.717, 1.165) is 35.7 Å². The molecule has 0 spiro atoms. The van der Waals surface area contributed by atoms with Crippen LogP contribution in [0.15, 0.2) is 60.7 Å². The minimum Gasteiger partial charge on any atom is -0.489 e. The topological polar surface area (TPSA) is 57.5 Å². The lowest BCUT2D eigenvalue weighted by molar-refractivity contribution is 0.0474. The monoisotopic (exact) mass is 405 g/mol. The smallest absolute Gasteiger partial charge is 0.338 e. The van der Waals surface area contributed by atoms with Crippen LogP contribution in [-0.2, 0) is 17.9 Å². The molecule has 3 rings (SSSR count). The molecule has 0 saturated heterocycles. The van der Waals surface area contributed by atoms with Gasteiger partial charge in [-0.3, -0.25) is 4.79 Å². The van der Waals surface area contributed by atoms with Gasteiger partial charge < -0.3 is 14.0 Å². The first kappa shape index (κ1) is 21.4. The van der Waals surface area contributed by atoms with Crippen molar-refractivity contribution in [1.29, 1.82) is 0 Å². The van der Waals surface area contributed by atoms with Crippen LogP contribution in [0.5, 0.6) is 5.75 Å². The Morgan fingerprint density at radius 3 is 2.33 bits per heavy atom. The number of nitrogens with zero attached hydrogens (tertiary/aromatic N) is 1. The van der Waals surface area contributed by atoms with E-state index in [1.54, 1.807) is 12.1 Å². The first-order valence-corrected chi connectivity index (χ1v) is 10.1. The van der Waals surface area contributed by atoms with Crippen LogP contribution in [0.25, 0.3) is 0 Å². The highest BCUT2D eigenvalue weighted by Crippen LogP contribution is 2.17. The molecule has 0 aliphatic rings. The molecule has 0 N–H and O–H groups in total. The second-order valence-corrected chi connectivity index (χ2v) is 7.23. The Labute approximate surface area is 177 Å². The number of benzene rings is 2. The van der Waals surface area contributed by atoms with Crippen molar-refractivity contribution in [3.63, 3.8) is 0 Å². The summed E-state index contributed by atoms with van der Waals surface area (Å²) in [6.07, 6.45) is 0.991. The normalized spacial score (nSPS) is 10.6. The molecule has 5 heteroatoms. The molecule has 0 fully saturated rings. The van der Waals surface area contributed by atoms with Crippen molar-refractivity contribution in [2.45, 2.75) is 40.3 Å². The number of aromatic nitrogens is 1. The quantitative estimate of drug-likeness (QED) is 0.366. The van der Waals surface area contributed by atoms with Crippen LogP contribution in [0.2, 0.25) is 0 Å². The molecule has 1 heterocycles. The molecule has 3 aromatic rings. The van der Waals surface area contributed by atoms with Crippen LogP contribution in [0.3, 0.4) is 0 Å². The molecule has 0 radical (unpaired) electrons. The van der Waals surface area contributed by atoms with E-state index < -0.39 is 5.97 Å². The lowest BCUT2D eigenvalue weighted by Gasteiger charge is -2.08. The zero-order valence-electron chi connectivity index (χ0n) is 17.7. The molecule has 0 bridgehead atoms. The van der Waals surface area contributed by atoms with Gasteiger partial charge >= 0.3 is 5.97 Å². The van der Waals surface area contributed by atoms with Crippen molar-refractivity contribution in [2.24, 2.45) is 0 Å². The van der Waals surface area contributed by atoms with Crippen LogP contribution in [-0.4, -0.2) is 22.9 Å². The molecule has 0 amide bonds. The largest absolute Gasteiger partial charge is 0.489 e. The highest BCUT2D eigenvalue weighted by atomic mass is 16.5. The standard InChI is InChI=1S/C25H27NO4/c1-4-14-26-18(2)15-23(19(26)3)24(27)17-30-25(28)21-12-10-20(11-13-21)16-29-22-8-6-5-7-9-22/h5-13,15H,4,14,16-17H2,1-3H3. The molecule has 5 nitrogen and oxygen atoms in total. The molecule has 0 aliphatic heterocycles. The third-order valence-corrected chi connectivity index (χ3v) is 4.99. The van der Waals surface area contributed by atoms with Crippen molar-refractivity contribution >= 4 is 11.8 Å². The van der Waals surface area contributed by atoms with Gasteiger partial charge in [-0.25, -0.2) is 4.79 Å². The molecule has 0 unspecified atom stereocenters. The maximum Gasteiger partial charge on any atom is 0.338 e. The van der Waals surface area contributed by atoms with Gasteiger partial charge in [0.1, 0.15) is 12.4 Å². The van der Waals surface area contributed by atoms with Gasteiger partial charge in [-0.05, 0) is 56.2 Å². The van der Waals surface area contributed by atoms with E-state index >= 15 is 0 Å². The van der Waals surface area contributed by atoms with Gasteiger partial charge in [-0.1, -0.05) is 37.3 Å². The summed E-state index contributed by atoms with van der Waals surface area (Å²) in [5, 5.41) is 0. The van der Waals surface area contributed by atoms with Gasteiger partial charge in [0.2, 0.25) is 5.78 Å². The van der Waals surface area contributed by atoms with E-state index in [4.69, 9.17) is 9.47 Å².